The Hall–Kier alpha value is -3.44. The van der Waals surface area contributed by atoms with Crippen molar-refractivity contribution in [2.24, 2.45) is 0 Å². The molecule has 30 heavy (non-hydrogen) atoms. The summed E-state index contributed by atoms with van der Waals surface area (Å²) in [5.74, 6) is -0.132. The fraction of sp³-hybridized carbons (Fsp3) is 0.0800. The van der Waals surface area contributed by atoms with Crippen LogP contribution in [0.4, 0.5) is 5.69 Å². The maximum absolute atomic E-state index is 12.6. The Balaban J connectivity index is 1.41. The molecule has 4 rings (SSSR count). The summed E-state index contributed by atoms with van der Waals surface area (Å²) >= 11 is 1.50. The Morgan fingerprint density at radius 1 is 0.767 bits per heavy atom. The SMILES string of the molecule is Cc1cc(C)nc(Sc2ccc(NC(=O)c3ccc(-c4ccccc4)cc3)cc2)n1. The summed E-state index contributed by atoms with van der Waals surface area (Å²) in [5.41, 5.74) is 5.49. The normalized spacial score (nSPS) is 10.6. The van der Waals surface area contributed by atoms with Crippen molar-refractivity contribution in [1.82, 2.24) is 9.97 Å². The first-order valence-electron chi connectivity index (χ1n) is 9.64. The van der Waals surface area contributed by atoms with Gasteiger partial charge >= 0.3 is 0 Å². The Labute approximate surface area is 180 Å². The molecule has 0 unspecified atom stereocenters. The zero-order chi connectivity index (χ0) is 20.9. The molecule has 0 bridgehead atoms. The summed E-state index contributed by atoms with van der Waals surface area (Å²) in [7, 11) is 0. The molecule has 0 radical (unpaired) electrons. The van der Waals surface area contributed by atoms with E-state index in [1.54, 1.807) is 0 Å². The van der Waals surface area contributed by atoms with Gasteiger partial charge < -0.3 is 5.32 Å². The van der Waals surface area contributed by atoms with Crippen LogP contribution in [0.25, 0.3) is 11.1 Å². The molecule has 1 amide bonds. The minimum Gasteiger partial charge on any atom is -0.322 e. The molecular formula is C25H21N3OS. The molecule has 5 heteroatoms. The summed E-state index contributed by atoms with van der Waals surface area (Å²) in [4.78, 5) is 22.5. The number of benzene rings is 3. The van der Waals surface area contributed by atoms with Gasteiger partial charge in [0.05, 0.1) is 0 Å². The number of carbonyl (C=O) groups excluding carboxylic acids is 1. The lowest BCUT2D eigenvalue weighted by atomic mass is 10.0. The second-order valence-corrected chi connectivity index (χ2v) is 8.00. The lowest BCUT2D eigenvalue weighted by Crippen LogP contribution is -2.11. The van der Waals surface area contributed by atoms with Gasteiger partial charge in [-0.3, -0.25) is 4.79 Å². The van der Waals surface area contributed by atoms with Crippen LogP contribution in [-0.4, -0.2) is 15.9 Å². The molecule has 0 fully saturated rings. The predicted octanol–water partition coefficient (Wildman–Crippen LogP) is 6.16. The van der Waals surface area contributed by atoms with Crippen LogP contribution in [0.15, 0.2) is 95.0 Å². The second kappa shape index (κ2) is 8.93. The number of hydrogen-bond donors (Lipinski definition) is 1. The van der Waals surface area contributed by atoms with Crippen molar-refractivity contribution in [2.45, 2.75) is 23.9 Å². The summed E-state index contributed by atoms with van der Waals surface area (Å²) in [5, 5.41) is 3.67. The van der Waals surface area contributed by atoms with E-state index < -0.39 is 0 Å². The molecule has 0 spiro atoms. The largest absolute Gasteiger partial charge is 0.322 e. The smallest absolute Gasteiger partial charge is 0.255 e. The van der Waals surface area contributed by atoms with Crippen LogP contribution in [-0.2, 0) is 0 Å². The first-order chi connectivity index (χ1) is 14.6. The van der Waals surface area contributed by atoms with E-state index in [0.29, 0.717) is 5.56 Å². The number of carbonyl (C=O) groups is 1. The minimum atomic E-state index is -0.132. The van der Waals surface area contributed by atoms with Crippen molar-refractivity contribution in [1.29, 1.82) is 0 Å². The van der Waals surface area contributed by atoms with Crippen LogP contribution in [0.2, 0.25) is 0 Å². The third kappa shape index (κ3) is 4.93. The van der Waals surface area contributed by atoms with Crippen molar-refractivity contribution >= 4 is 23.4 Å². The van der Waals surface area contributed by atoms with E-state index in [4.69, 9.17) is 0 Å². The highest BCUT2D eigenvalue weighted by Crippen LogP contribution is 2.26. The first kappa shape index (κ1) is 19.9. The maximum atomic E-state index is 12.6. The molecule has 0 aliphatic rings. The topological polar surface area (TPSA) is 54.9 Å². The molecule has 0 saturated heterocycles. The Morgan fingerprint density at radius 2 is 1.37 bits per heavy atom. The fourth-order valence-electron chi connectivity index (χ4n) is 3.10. The molecule has 0 atom stereocenters. The summed E-state index contributed by atoms with van der Waals surface area (Å²) in [6, 6.07) is 27.4. The lowest BCUT2D eigenvalue weighted by Gasteiger charge is -2.08. The highest BCUT2D eigenvalue weighted by atomic mass is 32.2. The van der Waals surface area contributed by atoms with E-state index in [-0.39, 0.29) is 5.91 Å². The van der Waals surface area contributed by atoms with Gasteiger partial charge in [0, 0.05) is 27.5 Å². The van der Waals surface area contributed by atoms with Crippen LogP contribution >= 0.6 is 11.8 Å². The van der Waals surface area contributed by atoms with Crippen LogP contribution in [0.3, 0.4) is 0 Å². The van der Waals surface area contributed by atoms with Crippen molar-refractivity contribution in [3.8, 4) is 11.1 Å². The number of nitrogens with one attached hydrogen (secondary N) is 1. The van der Waals surface area contributed by atoms with E-state index >= 15 is 0 Å². The third-order valence-electron chi connectivity index (χ3n) is 4.54. The summed E-state index contributed by atoms with van der Waals surface area (Å²) < 4.78 is 0. The fourth-order valence-corrected chi connectivity index (χ4v) is 3.96. The highest BCUT2D eigenvalue weighted by molar-refractivity contribution is 7.99. The van der Waals surface area contributed by atoms with Gasteiger partial charge in [0.15, 0.2) is 5.16 Å². The Kier molecular flexibility index (Phi) is 5.91. The molecule has 148 valence electrons. The lowest BCUT2D eigenvalue weighted by molar-refractivity contribution is 0.102. The van der Waals surface area contributed by atoms with E-state index in [2.05, 4.69) is 27.4 Å². The molecule has 1 heterocycles. The average molecular weight is 412 g/mol. The van der Waals surface area contributed by atoms with Gasteiger partial charge in [0.25, 0.3) is 5.91 Å². The van der Waals surface area contributed by atoms with E-state index in [1.807, 2.05) is 86.6 Å². The highest BCUT2D eigenvalue weighted by Gasteiger charge is 2.08. The molecule has 0 saturated carbocycles. The molecular weight excluding hydrogens is 390 g/mol. The monoisotopic (exact) mass is 411 g/mol. The molecule has 0 aliphatic heterocycles. The summed E-state index contributed by atoms with van der Waals surface area (Å²) in [6.07, 6.45) is 0. The van der Waals surface area contributed by atoms with Crippen molar-refractivity contribution in [2.75, 3.05) is 5.32 Å². The molecule has 1 N–H and O–H groups in total. The van der Waals surface area contributed by atoms with Gasteiger partial charge in [0.1, 0.15) is 0 Å². The zero-order valence-electron chi connectivity index (χ0n) is 16.8. The number of aryl methyl sites for hydroxylation is 2. The number of hydrogen-bond acceptors (Lipinski definition) is 4. The van der Waals surface area contributed by atoms with Gasteiger partial charge in [-0.2, -0.15) is 0 Å². The predicted molar refractivity (Wildman–Crippen MR) is 122 cm³/mol. The Bertz CT molecular complexity index is 1140. The van der Waals surface area contributed by atoms with Gasteiger partial charge in [-0.05, 0) is 79.2 Å². The van der Waals surface area contributed by atoms with Crippen molar-refractivity contribution in [3.63, 3.8) is 0 Å². The van der Waals surface area contributed by atoms with Crippen LogP contribution in [0.1, 0.15) is 21.7 Å². The van der Waals surface area contributed by atoms with E-state index in [0.717, 1.165) is 38.3 Å². The third-order valence-corrected chi connectivity index (χ3v) is 5.41. The van der Waals surface area contributed by atoms with Crippen molar-refractivity contribution in [3.05, 3.63) is 102 Å². The minimum absolute atomic E-state index is 0.132. The number of anilines is 1. The molecule has 3 aromatic carbocycles. The molecule has 0 aliphatic carbocycles. The number of nitrogens with zero attached hydrogens (tertiary/aromatic N) is 2. The van der Waals surface area contributed by atoms with Gasteiger partial charge in [0.2, 0.25) is 0 Å². The van der Waals surface area contributed by atoms with Crippen LogP contribution < -0.4 is 5.32 Å². The number of rotatable bonds is 5. The van der Waals surface area contributed by atoms with E-state index in [1.165, 1.54) is 11.8 Å². The Morgan fingerprint density at radius 3 is 2.00 bits per heavy atom. The molecule has 1 aromatic heterocycles. The average Bonchev–Trinajstić information content (AvgIpc) is 2.75. The first-order valence-corrected chi connectivity index (χ1v) is 10.5. The van der Waals surface area contributed by atoms with Gasteiger partial charge in [-0.15, -0.1) is 0 Å². The van der Waals surface area contributed by atoms with Crippen LogP contribution in [0, 0.1) is 13.8 Å². The molecule has 4 aromatic rings. The quantitative estimate of drug-likeness (QED) is 0.399. The molecule has 4 nitrogen and oxygen atoms in total. The number of aromatic nitrogens is 2. The van der Waals surface area contributed by atoms with Crippen LogP contribution in [0.5, 0.6) is 0 Å². The summed E-state index contributed by atoms with van der Waals surface area (Å²) in [6.45, 7) is 3.92. The van der Waals surface area contributed by atoms with E-state index in [9.17, 15) is 4.79 Å². The maximum Gasteiger partial charge on any atom is 0.255 e. The number of amides is 1. The second-order valence-electron chi connectivity index (χ2n) is 6.96. The van der Waals surface area contributed by atoms with Crippen molar-refractivity contribution < 1.29 is 4.79 Å². The van der Waals surface area contributed by atoms with Gasteiger partial charge in [-0.25, -0.2) is 9.97 Å². The standard InChI is InChI=1S/C25H21N3OS/c1-17-16-18(2)27-25(26-17)30-23-14-12-22(13-15-23)28-24(29)21-10-8-20(9-11-21)19-6-4-3-5-7-19/h3-16H,1-2H3,(H,28,29). The zero-order valence-corrected chi connectivity index (χ0v) is 17.6. The van der Waals surface area contributed by atoms with Gasteiger partial charge in [-0.1, -0.05) is 42.5 Å².